The van der Waals surface area contributed by atoms with Crippen LogP contribution >= 0.6 is 0 Å². The quantitative estimate of drug-likeness (QED) is 0.304. The van der Waals surface area contributed by atoms with Gasteiger partial charge in [-0.3, -0.25) is 0 Å². The molecular weight excluding hydrogens is 304 g/mol. The first-order chi connectivity index (χ1) is 11.2. The molecule has 0 aromatic rings. The number of esters is 2. The minimum Gasteiger partial charge on any atom is -0.462 e. The highest BCUT2D eigenvalue weighted by Crippen LogP contribution is 2.23. The Bertz CT molecular complexity index is 419. The highest BCUT2D eigenvalue weighted by Gasteiger charge is 2.25. The molecule has 0 unspecified atom stereocenters. The van der Waals surface area contributed by atoms with Gasteiger partial charge >= 0.3 is 11.9 Å². The zero-order valence-corrected chi connectivity index (χ0v) is 16.6. The Morgan fingerprint density at radius 3 is 1.71 bits per heavy atom. The third kappa shape index (κ3) is 9.09. The Kier molecular flexibility index (Phi) is 11.4. The lowest BCUT2D eigenvalue weighted by atomic mass is 9.93. The standard InChI is InChI=1S/C20H36O4/c1-8-9-10-11-17(19(21)23-12-14(2)3)18(16(6)7)20(22)24-13-15(4)5/h14-16H,8-13H2,1-7H3/b18-17-. The summed E-state index contributed by atoms with van der Waals surface area (Å²) in [4.78, 5) is 25.1. The fourth-order valence-electron chi connectivity index (χ4n) is 2.26. The molecule has 0 fully saturated rings. The van der Waals surface area contributed by atoms with Gasteiger partial charge < -0.3 is 9.47 Å². The predicted molar refractivity (Wildman–Crippen MR) is 97.6 cm³/mol. The van der Waals surface area contributed by atoms with Crippen LogP contribution in [-0.4, -0.2) is 25.2 Å². The lowest BCUT2D eigenvalue weighted by molar-refractivity contribution is -0.144. The van der Waals surface area contributed by atoms with Crippen molar-refractivity contribution in [3.8, 4) is 0 Å². The molecule has 0 aromatic heterocycles. The number of hydrogen-bond donors (Lipinski definition) is 0. The minimum atomic E-state index is -0.383. The summed E-state index contributed by atoms with van der Waals surface area (Å²) in [6, 6.07) is 0. The fraction of sp³-hybridized carbons (Fsp3) is 0.800. The molecule has 0 aliphatic carbocycles. The van der Waals surface area contributed by atoms with Gasteiger partial charge in [0.25, 0.3) is 0 Å². The maximum atomic E-state index is 12.5. The van der Waals surface area contributed by atoms with Crippen molar-refractivity contribution >= 4 is 11.9 Å². The molecule has 140 valence electrons. The van der Waals surface area contributed by atoms with E-state index in [1.165, 1.54) is 0 Å². The van der Waals surface area contributed by atoms with Crippen molar-refractivity contribution in [3.63, 3.8) is 0 Å². The van der Waals surface area contributed by atoms with Crippen molar-refractivity contribution in [2.75, 3.05) is 13.2 Å². The third-order valence-electron chi connectivity index (χ3n) is 3.49. The Morgan fingerprint density at radius 1 is 0.792 bits per heavy atom. The second-order valence-corrected chi connectivity index (χ2v) is 7.49. The lowest BCUT2D eigenvalue weighted by Gasteiger charge is -2.18. The van der Waals surface area contributed by atoms with E-state index in [1.54, 1.807) is 0 Å². The van der Waals surface area contributed by atoms with E-state index in [0.29, 0.717) is 30.8 Å². The molecule has 0 aromatic carbocycles. The first-order valence-electron chi connectivity index (χ1n) is 9.27. The topological polar surface area (TPSA) is 52.6 Å². The van der Waals surface area contributed by atoms with Crippen molar-refractivity contribution in [1.82, 2.24) is 0 Å². The predicted octanol–water partition coefficient (Wildman–Crippen LogP) is 4.92. The van der Waals surface area contributed by atoms with E-state index in [-0.39, 0.29) is 29.7 Å². The van der Waals surface area contributed by atoms with E-state index in [9.17, 15) is 9.59 Å². The average molecular weight is 341 g/mol. The van der Waals surface area contributed by atoms with Crippen LogP contribution in [0.2, 0.25) is 0 Å². The minimum absolute atomic E-state index is 0.0760. The molecule has 24 heavy (non-hydrogen) atoms. The summed E-state index contributed by atoms with van der Waals surface area (Å²) in [5, 5.41) is 0. The van der Waals surface area contributed by atoms with Crippen LogP contribution in [0.15, 0.2) is 11.1 Å². The van der Waals surface area contributed by atoms with Gasteiger partial charge in [-0.25, -0.2) is 9.59 Å². The van der Waals surface area contributed by atoms with Crippen molar-refractivity contribution in [1.29, 1.82) is 0 Å². The summed E-state index contributed by atoms with van der Waals surface area (Å²) in [5.41, 5.74) is 0.966. The van der Waals surface area contributed by atoms with Gasteiger partial charge in [-0.05, 0) is 30.6 Å². The van der Waals surface area contributed by atoms with Gasteiger partial charge in [0, 0.05) is 5.57 Å². The van der Waals surface area contributed by atoms with Crippen LogP contribution in [0.4, 0.5) is 0 Å². The molecule has 0 radical (unpaired) electrons. The molecule has 0 heterocycles. The van der Waals surface area contributed by atoms with Crippen LogP contribution in [0.25, 0.3) is 0 Å². The van der Waals surface area contributed by atoms with Crippen molar-refractivity contribution in [3.05, 3.63) is 11.1 Å². The van der Waals surface area contributed by atoms with E-state index in [0.717, 1.165) is 19.3 Å². The number of carbonyl (C=O) groups excluding carboxylic acids is 2. The van der Waals surface area contributed by atoms with Gasteiger partial charge in [-0.1, -0.05) is 61.3 Å². The summed E-state index contributed by atoms with van der Waals surface area (Å²) < 4.78 is 10.8. The fourth-order valence-corrected chi connectivity index (χ4v) is 2.26. The number of ether oxygens (including phenoxy) is 2. The first kappa shape index (κ1) is 22.7. The molecule has 0 saturated carbocycles. The number of unbranched alkanes of at least 4 members (excludes halogenated alkanes) is 2. The summed E-state index contributed by atoms with van der Waals surface area (Å²) in [7, 11) is 0. The molecule has 4 nitrogen and oxygen atoms in total. The van der Waals surface area contributed by atoms with Crippen LogP contribution in [-0.2, 0) is 19.1 Å². The summed E-state index contributed by atoms with van der Waals surface area (Å²) in [6.07, 6.45) is 3.52. The van der Waals surface area contributed by atoms with E-state index in [1.807, 2.05) is 41.5 Å². The molecule has 0 bridgehead atoms. The van der Waals surface area contributed by atoms with Crippen LogP contribution < -0.4 is 0 Å². The van der Waals surface area contributed by atoms with Gasteiger partial charge in [0.2, 0.25) is 0 Å². The number of hydrogen-bond acceptors (Lipinski definition) is 4. The molecule has 0 aliphatic heterocycles. The number of rotatable bonds is 11. The summed E-state index contributed by atoms with van der Waals surface area (Å²) in [5.74, 6) is -0.301. The van der Waals surface area contributed by atoms with Crippen LogP contribution in [0.5, 0.6) is 0 Å². The van der Waals surface area contributed by atoms with Crippen molar-refractivity contribution in [2.24, 2.45) is 17.8 Å². The molecule has 0 rings (SSSR count). The monoisotopic (exact) mass is 340 g/mol. The summed E-state index contributed by atoms with van der Waals surface area (Å²) >= 11 is 0. The molecule has 0 atom stereocenters. The number of carbonyl (C=O) groups is 2. The molecule has 0 aliphatic rings. The van der Waals surface area contributed by atoms with Gasteiger partial charge in [-0.2, -0.15) is 0 Å². The summed E-state index contributed by atoms with van der Waals surface area (Å²) in [6.45, 7) is 14.6. The van der Waals surface area contributed by atoms with Crippen LogP contribution in [0.1, 0.15) is 74.1 Å². The second kappa shape index (κ2) is 12.1. The maximum absolute atomic E-state index is 12.5. The van der Waals surface area contributed by atoms with Crippen LogP contribution in [0.3, 0.4) is 0 Å². The van der Waals surface area contributed by atoms with E-state index in [2.05, 4.69) is 6.92 Å². The Hall–Kier alpha value is -1.32. The van der Waals surface area contributed by atoms with Gasteiger partial charge in [0.1, 0.15) is 0 Å². The van der Waals surface area contributed by atoms with E-state index < -0.39 is 0 Å². The van der Waals surface area contributed by atoms with E-state index in [4.69, 9.17) is 9.47 Å². The lowest BCUT2D eigenvalue weighted by Crippen LogP contribution is -2.22. The molecule has 0 saturated heterocycles. The van der Waals surface area contributed by atoms with Crippen molar-refractivity contribution in [2.45, 2.75) is 74.1 Å². The normalized spacial score (nSPS) is 12.6. The Labute approximate surface area is 148 Å². The SMILES string of the molecule is CCCCC/C(C(=O)OCC(C)C)=C(/C(=O)OCC(C)C)C(C)C. The second-order valence-electron chi connectivity index (χ2n) is 7.49. The zero-order valence-electron chi connectivity index (χ0n) is 16.6. The Balaban J connectivity index is 5.43. The van der Waals surface area contributed by atoms with Crippen LogP contribution in [0, 0.1) is 17.8 Å². The van der Waals surface area contributed by atoms with Gasteiger partial charge in [-0.15, -0.1) is 0 Å². The largest absolute Gasteiger partial charge is 0.462 e. The molecule has 4 heteroatoms. The maximum Gasteiger partial charge on any atom is 0.334 e. The smallest absolute Gasteiger partial charge is 0.334 e. The van der Waals surface area contributed by atoms with Gasteiger partial charge in [0.15, 0.2) is 0 Å². The molecule has 0 N–H and O–H groups in total. The Morgan fingerprint density at radius 2 is 1.29 bits per heavy atom. The first-order valence-corrected chi connectivity index (χ1v) is 9.27. The molecule has 0 spiro atoms. The highest BCUT2D eigenvalue weighted by atomic mass is 16.5. The van der Waals surface area contributed by atoms with Gasteiger partial charge in [0.05, 0.1) is 18.8 Å². The van der Waals surface area contributed by atoms with Crippen molar-refractivity contribution < 1.29 is 19.1 Å². The molecular formula is C20H36O4. The highest BCUT2D eigenvalue weighted by molar-refractivity contribution is 6.00. The zero-order chi connectivity index (χ0) is 18.7. The molecule has 0 amide bonds. The van der Waals surface area contributed by atoms with E-state index >= 15 is 0 Å². The third-order valence-corrected chi connectivity index (χ3v) is 3.49. The average Bonchev–Trinajstić information content (AvgIpc) is 2.49.